The van der Waals surface area contributed by atoms with E-state index < -0.39 is 35.6 Å². The first-order chi connectivity index (χ1) is 17.7. The zero-order valence-corrected chi connectivity index (χ0v) is 24.4. The summed E-state index contributed by atoms with van der Waals surface area (Å²) in [6.07, 6.45) is 0.861. The lowest BCUT2D eigenvalue weighted by molar-refractivity contribution is -0.141. The molecular formula is C30H40ClN3O4. The Morgan fingerprint density at radius 2 is 1.58 bits per heavy atom. The van der Waals surface area contributed by atoms with Crippen molar-refractivity contribution in [3.63, 3.8) is 0 Å². The number of ether oxygens (including phenoxy) is 1. The fourth-order valence-electron chi connectivity index (χ4n) is 4.26. The summed E-state index contributed by atoms with van der Waals surface area (Å²) in [6.45, 7) is 18.5. The van der Waals surface area contributed by atoms with E-state index in [1.807, 2.05) is 58.9 Å². The van der Waals surface area contributed by atoms with E-state index in [0.29, 0.717) is 16.3 Å². The molecule has 0 fully saturated rings. The molecule has 0 spiro atoms. The Labute approximate surface area is 231 Å². The van der Waals surface area contributed by atoms with E-state index in [0.717, 1.165) is 16.7 Å². The van der Waals surface area contributed by atoms with Gasteiger partial charge in [0.1, 0.15) is 17.7 Å². The van der Waals surface area contributed by atoms with Crippen molar-refractivity contribution in [2.75, 3.05) is 11.9 Å². The summed E-state index contributed by atoms with van der Waals surface area (Å²) in [6, 6.07) is 9.11. The van der Waals surface area contributed by atoms with Gasteiger partial charge in [0, 0.05) is 6.54 Å². The predicted octanol–water partition coefficient (Wildman–Crippen LogP) is 6.51. The van der Waals surface area contributed by atoms with Crippen molar-refractivity contribution < 1.29 is 19.1 Å². The van der Waals surface area contributed by atoms with E-state index in [-0.39, 0.29) is 12.5 Å². The summed E-state index contributed by atoms with van der Waals surface area (Å²) in [5.41, 5.74) is 2.94. The molecule has 7 nitrogen and oxygen atoms in total. The van der Waals surface area contributed by atoms with Crippen molar-refractivity contribution in [1.29, 1.82) is 0 Å². The fraction of sp³-hybridized carbons (Fsp3) is 0.433. The van der Waals surface area contributed by atoms with Crippen molar-refractivity contribution in [2.24, 2.45) is 5.92 Å². The molecule has 0 heterocycles. The van der Waals surface area contributed by atoms with Crippen molar-refractivity contribution in [3.8, 4) is 0 Å². The van der Waals surface area contributed by atoms with Crippen LogP contribution in [-0.4, -0.2) is 41.0 Å². The van der Waals surface area contributed by atoms with Crippen LogP contribution in [0.5, 0.6) is 0 Å². The van der Waals surface area contributed by atoms with Crippen molar-refractivity contribution in [3.05, 3.63) is 76.3 Å². The van der Waals surface area contributed by atoms with Crippen LogP contribution >= 0.6 is 11.6 Å². The van der Waals surface area contributed by atoms with E-state index in [1.165, 1.54) is 4.90 Å². The third kappa shape index (κ3) is 7.84. The summed E-state index contributed by atoms with van der Waals surface area (Å²) < 4.78 is 5.41. The zero-order valence-electron chi connectivity index (χ0n) is 23.6. The smallest absolute Gasteiger partial charge is 0.408 e. The molecule has 2 N–H and O–H groups in total. The van der Waals surface area contributed by atoms with Gasteiger partial charge in [-0.05, 0) is 75.8 Å². The molecule has 2 aromatic carbocycles. The molecule has 206 valence electrons. The Kier molecular flexibility index (Phi) is 10.5. The third-order valence-electron chi connectivity index (χ3n) is 6.06. The molecule has 0 aliphatic heterocycles. The molecule has 0 bridgehead atoms. The minimum atomic E-state index is -1.01. The standard InChI is InChI=1S/C30H40ClN3O4/c1-10-17-34(28(36)24(18(2)3)33-29(37)38-30(7,8)9)26(23-19(4)13-11-14-20(23)5)27(35)32-25-21(6)15-12-16-22(25)31/h10-16,18,24,26H,1,17H2,2-9H3,(H,32,35)(H,33,37). The van der Waals surface area contributed by atoms with Gasteiger partial charge in [-0.1, -0.05) is 61.9 Å². The second kappa shape index (κ2) is 13.0. The van der Waals surface area contributed by atoms with Crippen LogP contribution in [0.2, 0.25) is 5.02 Å². The average Bonchev–Trinajstić information content (AvgIpc) is 2.79. The lowest BCUT2D eigenvalue weighted by atomic mass is 9.92. The first kappa shape index (κ1) is 30.9. The minimum absolute atomic E-state index is 0.0748. The maximum atomic E-state index is 14.1. The molecule has 0 aliphatic carbocycles. The van der Waals surface area contributed by atoms with Gasteiger partial charge in [-0.3, -0.25) is 9.59 Å². The number of nitrogens with one attached hydrogen (secondary N) is 2. The SMILES string of the molecule is C=CCN(C(=O)C(NC(=O)OC(C)(C)C)C(C)C)C(C(=O)Nc1c(C)cccc1Cl)c1c(C)cccc1C. The highest BCUT2D eigenvalue weighted by Gasteiger charge is 2.38. The Bertz CT molecular complexity index is 1150. The molecule has 2 rings (SSSR count). The number of rotatable bonds is 9. The third-order valence-corrected chi connectivity index (χ3v) is 6.37. The number of benzene rings is 2. The summed E-state index contributed by atoms with van der Waals surface area (Å²) in [7, 11) is 0. The number of alkyl carbamates (subject to hydrolysis) is 1. The first-order valence-corrected chi connectivity index (χ1v) is 13.1. The van der Waals surface area contributed by atoms with Gasteiger partial charge in [0.05, 0.1) is 10.7 Å². The van der Waals surface area contributed by atoms with E-state index in [9.17, 15) is 14.4 Å². The summed E-state index contributed by atoms with van der Waals surface area (Å²) in [5, 5.41) is 6.06. The molecular weight excluding hydrogens is 502 g/mol. The minimum Gasteiger partial charge on any atom is -0.444 e. The van der Waals surface area contributed by atoms with E-state index in [4.69, 9.17) is 16.3 Å². The number of aryl methyl sites for hydroxylation is 3. The number of carbonyl (C=O) groups is 3. The molecule has 2 atom stereocenters. The molecule has 3 amide bonds. The second-order valence-electron chi connectivity index (χ2n) is 10.8. The molecule has 0 saturated heterocycles. The molecule has 2 aromatic rings. The Morgan fingerprint density at radius 3 is 2.08 bits per heavy atom. The number of nitrogens with zero attached hydrogens (tertiary/aromatic N) is 1. The fourth-order valence-corrected chi connectivity index (χ4v) is 4.53. The van der Waals surface area contributed by atoms with Crippen LogP contribution in [0.25, 0.3) is 0 Å². The zero-order chi connectivity index (χ0) is 28.8. The lowest BCUT2D eigenvalue weighted by Gasteiger charge is -2.36. The normalized spacial score (nSPS) is 12.9. The molecule has 0 aromatic heterocycles. The van der Waals surface area contributed by atoms with Crippen LogP contribution < -0.4 is 10.6 Å². The molecule has 38 heavy (non-hydrogen) atoms. The maximum Gasteiger partial charge on any atom is 0.408 e. The van der Waals surface area contributed by atoms with Gasteiger partial charge in [0.15, 0.2) is 0 Å². The van der Waals surface area contributed by atoms with Gasteiger partial charge < -0.3 is 20.3 Å². The van der Waals surface area contributed by atoms with Crippen LogP contribution in [-0.2, 0) is 14.3 Å². The summed E-state index contributed by atoms with van der Waals surface area (Å²) in [4.78, 5) is 42.2. The van der Waals surface area contributed by atoms with Gasteiger partial charge in [0.2, 0.25) is 5.91 Å². The lowest BCUT2D eigenvalue weighted by Crippen LogP contribution is -2.54. The first-order valence-electron chi connectivity index (χ1n) is 12.7. The van der Waals surface area contributed by atoms with E-state index in [2.05, 4.69) is 17.2 Å². The number of anilines is 1. The highest BCUT2D eigenvalue weighted by Crippen LogP contribution is 2.32. The predicted molar refractivity (Wildman–Crippen MR) is 153 cm³/mol. The highest BCUT2D eigenvalue weighted by atomic mass is 35.5. The molecule has 8 heteroatoms. The number of amides is 3. The van der Waals surface area contributed by atoms with Crippen molar-refractivity contribution in [2.45, 2.75) is 73.1 Å². The average molecular weight is 542 g/mol. The van der Waals surface area contributed by atoms with Crippen LogP contribution in [0.3, 0.4) is 0 Å². The monoisotopic (exact) mass is 541 g/mol. The molecule has 0 radical (unpaired) electrons. The quantitative estimate of drug-likeness (QED) is 0.354. The van der Waals surface area contributed by atoms with Gasteiger partial charge in [-0.25, -0.2) is 4.79 Å². The molecule has 2 unspecified atom stereocenters. The molecule has 0 aliphatic rings. The Hall–Kier alpha value is -3.32. The van der Waals surface area contributed by atoms with Crippen LogP contribution in [0.15, 0.2) is 49.1 Å². The highest BCUT2D eigenvalue weighted by molar-refractivity contribution is 6.34. The van der Waals surface area contributed by atoms with Crippen molar-refractivity contribution in [1.82, 2.24) is 10.2 Å². The van der Waals surface area contributed by atoms with E-state index in [1.54, 1.807) is 39.0 Å². The number of halogens is 1. The number of para-hydroxylation sites is 1. The van der Waals surface area contributed by atoms with E-state index >= 15 is 0 Å². The Morgan fingerprint density at radius 1 is 1.03 bits per heavy atom. The van der Waals surface area contributed by atoms with Crippen LogP contribution in [0.1, 0.15) is 62.9 Å². The topological polar surface area (TPSA) is 87.7 Å². The number of hydrogen-bond donors (Lipinski definition) is 2. The van der Waals surface area contributed by atoms with Gasteiger partial charge in [-0.15, -0.1) is 6.58 Å². The van der Waals surface area contributed by atoms with Crippen LogP contribution in [0.4, 0.5) is 10.5 Å². The Balaban J connectivity index is 2.62. The second-order valence-corrected chi connectivity index (χ2v) is 11.2. The maximum absolute atomic E-state index is 14.1. The van der Waals surface area contributed by atoms with Gasteiger partial charge in [-0.2, -0.15) is 0 Å². The van der Waals surface area contributed by atoms with Crippen molar-refractivity contribution >= 4 is 35.2 Å². The number of hydrogen-bond acceptors (Lipinski definition) is 4. The number of carbonyl (C=O) groups excluding carboxylic acids is 3. The van der Waals surface area contributed by atoms with Gasteiger partial charge in [0.25, 0.3) is 5.91 Å². The summed E-state index contributed by atoms with van der Waals surface area (Å²) >= 11 is 6.42. The van der Waals surface area contributed by atoms with Gasteiger partial charge >= 0.3 is 6.09 Å². The summed E-state index contributed by atoms with van der Waals surface area (Å²) in [5.74, 6) is -1.13. The molecule has 0 saturated carbocycles. The largest absolute Gasteiger partial charge is 0.444 e. The van der Waals surface area contributed by atoms with Crippen LogP contribution in [0, 0.1) is 26.7 Å².